The molecule has 0 amide bonds. The van der Waals surface area contributed by atoms with Crippen LogP contribution >= 0.6 is 0 Å². The number of hydrogen-bond donors (Lipinski definition) is 2. The highest BCUT2D eigenvalue weighted by molar-refractivity contribution is 5.62. The van der Waals surface area contributed by atoms with Gasteiger partial charge in [-0.25, -0.2) is 4.39 Å². The van der Waals surface area contributed by atoms with Crippen molar-refractivity contribution in [2.24, 2.45) is 0 Å². The van der Waals surface area contributed by atoms with Gasteiger partial charge in [0.2, 0.25) is 5.95 Å². The van der Waals surface area contributed by atoms with Crippen molar-refractivity contribution >= 4 is 23.1 Å². The van der Waals surface area contributed by atoms with Crippen LogP contribution in [0.25, 0.3) is 0 Å². The summed E-state index contributed by atoms with van der Waals surface area (Å²) in [4.78, 5) is 4.31. The number of halogens is 1. The van der Waals surface area contributed by atoms with Gasteiger partial charge in [-0.1, -0.05) is 6.07 Å². The van der Waals surface area contributed by atoms with Crippen LogP contribution in [0.4, 0.5) is 27.5 Å². The van der Waals surface area contributed by atoms with Gasteiger partial charge in [0.1, 0.15) is 19.0 Å². The fraction of sp³-hybridized carbons (Fsp3) is 0.118. The first-order chi connectivity index (χ1) is 12.3. The smallest absolute Gasteiger partial charge is 0.249 e. The van der Waals surface area contributed by atoms with E-state index in [1.807, 2.05) is 18.2 Å². The van der Waals surface area contributed by atoms with Crippen molar-refractivity contribution in [2.45, 2.75) is 0 Å². The van der Waals surface area contributed by atoms with Gasteiger partial charge in [-0.3, -0.25) is 0 Å². The molecule has 0 saturated carbocycles. The van der Waals surface area contributed by atoms with Crippen molar-refractivity contribution < 1.29 is 13.9 Å². The van der Waals surface area contributed by atoms with Gasteiger partial charge in [0.15, 0.2) is 17.3 Å². The molecule has 8 heteroatoms. The molecule has 0 bridgehead atoms. The highest BCUT2D eigenvalue weighted by atomic mass is 19.1. The summed E-state index contributed by atoms with van der Waals surface area (Å²) >= 11 is 0. The zero-order valence-electron chi connectivity index (χ0n) is 13.1. The van der Waals surface area contributed by atoms with Crippen molar-refractivity contribution in [3.63, 3.8) is 0 Å². The van der Waals surface area contributed by atoms with E-state index in [-0.39, 0.29) is 11.8 Å². The summed E-state index contributed by atoms with van der Waals surface area (Å²) in [5.74, 6) is 1.80. The summed E-state index contributed by atoms with van der Waals surface area (Å²) < 4.78 is 24.3. The molecule has 7 nitrogen and oxygen atoms in total. The van der Waals surface area contributed by atoms with Crippen molar-refractivity contribution in [1.82, 2.24) is 15.2 Å². The molecule has 0 fully saturated rings. The predicted molar refractivity (Wildman–Crippen MR) is 90.2 cm³/mol. The monoisotopic (exact) mass is 339 g/mol. The van der Waals surface area contributed by atoms with Gasteiger partial charge >= 0.3 is 0 Å². The third kappa shape index (κ3) is 3.57. The van der Waals surface area contributed by atoms with Gasteiger partial charge < -0.3 is 20.1 Å². The van der Waals surface area contributed by atoms with Gasteiger partial charge in [0.25, 0.3) is 0 Å². The summed E-state index contributed by atoms with van der Waals surface area (Å²) in [5.41, 5.74) is 1.32. The third-order valence-corrected chi connectivity index (χ3v) is 3.45. The molecule has 0 unspecified atom stereocenters. The van der Waals surface area contributed by atoms with E-state index < -0.39 is 0 Å². The lowest BCUT2D eigenvalue weighted by atomic mass is 10.2. The minimum absolute atomic E-state index is 0.258. The van der Waals surface area contributed by atoms with Crippen molar-refractivity contribution in [3.05, 3.63) is 54.5 Å². The van der Waals surface area contributed by atoms with Crippen LogP contribution in [0, 0.1) is 5.82 Å². The Balaban J connectivity index is 1.51. The van der Waals surface area contributed by atoms with E-state index in [9.17, 15) is 4.39 Å². The fourth-order valence-electron chi connectivity index (χ4n) is 2.38. The molecule has 0 atom stereocenters. The molecule has 4 rings (SSSR count). The average Bonchev–Trinajstić information content (AvgIpc) is 2.62. The zero-order chi connectivity index (χ0) is 17.1. The average molecular weight is 339 g/mol. The number of aromatic nitrogens is 3. The Morgan fingerprint density at radius 1 is 0.920 bits per heavy atom. The van der Waals surface area contributed by atoms with Gasteiger partial charge in [-0.05, 0) is 30.3 Å². The highest BCUT2D eigenvalue weighted by Crippen LogP contribution is 2.33. The standard InChI is InChI=1S/C17H14FN5O2/c18-11-2-1-3-12(8-11)21-17-22-16(10-19-23-17)20-13-4-5-14-15(9-13)25-7-6-24-14/h1-5,8-10H,6-7H2,(H2,20,21,22,23). The lowest BCUT2D eigenvalue weighted by molar-refractivity contribution is 0.171. The molecule has 0 radical (unpaired) electrons. The molecule has 1 aromatic heterocycles. The molecule has 0 saturated heterocycles. The minimum atomic E-state index is -0.344. The van der Waals surface area contributed by atoms with Crippen LogP contribution in [0.15, 0.2) is 48.7 Å². The third-order valence-electron chi connectivity index (χ3n) is 3.45. The van der Waals surface area contributed by atoms with Crippen molar-refractivity contribution in [2.75, 3.05) is 23.8 Å². The Hall–Kier alpha value is -3.42. The molecule has 2 aromatic carbocycles. The maximum Gasteiger partial charge on any atom is 0.249 e. The minimum Gasteiger partial charge on any atom is -0.486 e. The molecule has 2 N–H and O–H groups in total. The lowest BCUT2D eigenvalue weighted by Crippen LogP contribution is -2.15. The number of fused-ring (bicyclic) bond motifs is 1. The normalized spacial score (nSPS) is 12.5. The van der Waals surface area contributed by atoms with Gasteiger partial charge in [-0.15, -0.1) is 5.10 Å². The summed E-state index contributed by atoms with van der Waals surface area (Å²) in [7, 11) is 0. The van der Waals surface area contributed by atoms with Gasteiger partial charge in [0, 0.05) is 17.4 Å². The van der Waals surface area contributed by atoms with Crippen LogP contribution in [0.2, 0.25) is 0 Å². The SMILES string of the molecule is Fc1cccc(Nc2nncc(Nc3ccc4c(c3)OCCO4)n2)c1. The van der Waals surface area contributed by atoms with Gasteiger partial charge in [0.05, 0.1) is 6.20 Å². The number of rotatable bonds is 4. The number of ether oxygens (including phenoxy) is 2. The Kier molecular flexibility index (Phi) is 3.99. The van der Waals surface area contributed by atoms with Crippen LogP contribution < -0.4 is 20.1 Å². The Morgan fingerprint density at radius 3 is 2.64 bits per heavy atom. The first-order valence-corrected chi connectivity index (χ1v) is 7.65. The second-order valence-corrected chi connectivity index (χ2v) is 5.28. The van der Waals surface area contributed by atoms with Crippen LogP contribution in [-0.4, -0.2) is 28.4 Å². The predicted octanol–water partition coefficient (Wildman–Crippen LogP) is 3.27. The number of anilines is 4. The Labute approximate surface area is 142 Å². The molecule has 2 heterocycles. The van der Waals surface area contributed by atoms with E-state index in [0.717, 1.165) is 5.69 Å². The summed E-state index contributed by atoms with van der Waals surface area (Å²) in [6.07, 6.45) is 1.49. The summed E-state index contributed by atoms with van der Waals surface area (Å²) in [6.45, 7) is 1.07. The first kappa shape index (κ1) is 15.1. The van der Waals surface area contributed by atoms with E-state index in [4.69, 9.17) is 9.47 Å². The number of nitrogens with zero attached hydrogens (tertiary/aromatic N) is 3. The van der Waals surface area contributed by atoms with E-state index in [2.05, 4.69) is 25.8 Å². The molecular formula is C17H14FN5O2. The fourth-order valence-corrected chi connectivity index (χ4v) is 2.38. The molecule has 25 heavy (non-hydrogen) atoms. The van der Waals surface area contributed by atoms with E-state index in [1.165, 1.54) is 18.3 Å². The summed E-state index contributed by atoms with van der Waals surface area (Å²) in [5, 5.41) is 13.8. The molecular weight excluding hydrogens is 325 g/mol. The molecule has 1 aliphatic rings. The van der Waals surface area contributed by atoms with Crippen LogP contribution in [-0.2, 0) is 0 Å². The quantitative estimate of drug-likeness (QED) is 0.755. The lowest BCUT2D eigenvalue weighted by Gasteiger charge is -2.19. The molecule has 1 aliphatic heterocycles. The van der Waals surface area contributed by atoms with Crippen molar-refractivity contribution in [3.8, 4) is 11.5 Å². The second kappa shape index (κ2) is 6.60. The second-order valence-electron chi connectivity index (χ2n) is 5.28. The maximum absolute atomic E-state index is 13.2. The van der Waals surface area contributed by atoms with Crippen LogP contribution in [0.5, 0.6) is 11.5 Å². The Bertz CT molecular complexity index is 906. The molecule has 0 aliphatic carbocycles. The highest BCUT2D eigenvalue weighted by Gasteiger charge is 2.12. The molecule has 126 valence electrons. The molecule has 3 aromatic rings. The topological polar surface area (TPSA) is 81.2 Å². The molecule has 0 spiro atoms. The number of hydrogen-bond acceptors (Lipinski definition) is 7. The summed E-state index contributed by atoms with van der Waals surface area (Å²) in [6, 6.07) is 11.5. The Morgan fingerprint density at radius 2 is 1.76 bits per heavy atom. The maximum atomic E-state index is 13.2. The number of benzene rings is 2. The zero-order valence-corrected chi connectivity index (χ0v) is 13.1. The van der Waals surface area contributed by atoms with Crippen molar-refractivity contribution in [1.29, 1.82) is 0 Å². The largest absolute Gasteiger partial charge is 0.486 e. The number of nitrogens with one attached hydrogen (secondary N) is 2. The van der Waals surface area contributed by atoms with Crippen LogP contribution in [0.1, 0.15) is 0 Å². The van der Waals surface area contributed by atoms with E-state index in [0.29, 0.717) is 36.2 Å². The van der Waals surface area contributed by atoms with E-state index >= 15 is 0 Å². The van der Waals surface area contributed by atoms with Crippen LogP contribution in [0.3, 0.4) is 0 Å². The van der Waals surface area contributed by atoms with E-state index in [1.54, 1.807) is 12.1 Å². The first-order valence-electron chi connectivity index (χ1n) is 7.65. The van der Waals surface area contributed by atoms with Gasteiger partial charge in [-0.2, -0.15) is 10.1 Å².